The maximum atomic E-state index is 6.27. The molecule has 3 aromatic carbocycles. The van der Waals surface area contributed by atoms with Crippen LogP contribution in [0, 0.1) is 3.57 Å². The molecule has 0 spiro atoms. The normalized spacial score (nSPS) is 10.5. The van der Waals surface area contributed by atoms with Gasteiger partial charge in [0.15, 0.2) is 0 Å². The second-order valence-electron chi connectivity index (χ2n) is 4.85. The Kier molecular flexibility index (Phi) is 3.84. The summed E-state index contributed by atoms with van der Waals surface area (Å²) >= 11 is 2.22. The third kappa shape index (κ3) is 2.61. The van der Waals surface area contributed by atoms with Crippen LogP contribution in [0.4, 0.5) is 11.4 Å². The predicted octanol–water partition coefficient (Wildman–Crippen LogP) is 4.79. The van der Waals surface area contributed by atoms with Gasteiger partial charge in [0.2, 0.25) is 0 Å². The number of hydrogen-bond donors (Lipinski definition) is 2. The van der Waals surface area contributed by atoms with Gasteiger partial charge >= 0.3 is 0 Å². The van der Waals surface area contributed by atoms with Gasteiger partial charge in [0.25, 0.3) is 0 Å². The first-order valence-corrected chi connectivity index (χ1v) is 7.74. The van der Waals surface area contributed by atoms with Crippen LogP contribution in [0.3, 0.4) is 0 Å². The van der Waals surface area contributed by atoms with Crippen molar-refractivity contribution in [2.75, 3.05) is 11.5 Å². The van der Waals surface area contributed by atoms with Gasteiger partial charge in [-0.05, 0) is 39.8 Å². The van der Waals surface area contributed by atoms with Crippen LogP contribution in [0.5, 0.6) is 0 Å². The van der Waals surface area contributed by atoms with E-state index in [-0.39, 0.29) is 0 Å². The summed E-state index contributed by atoms with van der Waals surface area (Å²) < 4.78 is 0.910. The molecule has 0 amide bonds. The Balaban J connectivity index is 2.26. The summed E-state index contributed by atoms with van der Waals surface area (Å²) in [6, 6.07) is 22.4. The van der Waals surface area contributed by atoms with Gasteiger partial charge < -0.3 is 11.5 Å². The van der Waals surface area contributed by atoms with Crippen molar-refractivity contribution < 1.29 is 0 Å². The molecule has 0 aliphatic heterocycles. The Bertz CT molecular complexity index is 704. The molecule has 3 rings (SSSR count). The van der Waals surface area contributed by atoms with Crippen LogP contribution in [-0.4, -0.2) is 0 Å². The molecule has 104 valence electrons. The topological polar surface area (TPSA) is 52.0 Å². The zero-order valence-corrected chi connectivity index (χ0v) is 13.5. The van der Waals surface area contributed by atoms with Crippen LogP contribution >= 0.6 is 22.6 Å². The lowest BCUT2D eigenvalue weighted by molar-refractivity contribution is 1.55. The molecular formula is C18H15IN2. The minimum absolute atomic E-state index is 0.735. The lowest BCUT2D eigenvalue weighted by Gasteiger charge is -2.15. The summed E-state index contributed by atoms with van der Waals surface area (Å²) in [6.07, 6.45) is 0. The van der Waals surface area contributed by atoms with Crippen LogP contribution in [0.25, 0.3) is 22.3 Å². The van der Waals surface area contributed by atoms with Crippen molar-refractivity contribution in [1.82, 2.24) is 0 Å². The zero-order valence-electron chi connectivity index (χ0n) is 11.4. The fourth-order valence-corrected chi connectivity index (χ4v) is 2.98. The Morgan fingerprint density at radius 2 is 1.00 bits per heavy atom. The van der Waals surface area contributed by atoms with E-state index in [4.69, 9.17) is 11.5 Å². The summed E-state index contributed by atoms with van der Waals surface area (Å²) in [4.78, 5) is 0. The molecule has 2 nitrogen and oxygen atoms in total. The molecule has 0 unspecified atom stereocenters. The van der Waals surface area contributed by atoms with Crippen LogP contribution in [0.15, 0.2) is 66.7 Å². The van der Waals surface area contributed by atoms with E-state index in [2.05, 4.69) is 52.9 Å². The monoisotopic (exact) mass is 386 g/mol. The van der Waals surface area contributed by atoms with Crippen LogP contribution in [0.1, 0.15) is 0 Å². The first-order valence-electron chi connectivity index (χ1n) is 6.67. The SMILES string of the molecule is Nc1c(-c2ccccc2)cc(-c2ccccc2)c(N)c1I. The summed E-state index contributed by atoms with van der Waals surface area (Å²) in [7, 11) is 0. The molecule has 0 aliphatic rings. The number of nitrogen functional groups attached to an aromatic ring is 2. The van der Waals surface area contributed by atoms with E-state index in [9.17, 15) is 0 Å². The number of halogens is 1. The molecule has 3 heteroatoms. The molecule has 3 aromatic rings. The van der Waals surface area contributed by atoms with E-state index in [0.29, 0.717) is 0 Å². The second-order valence-corrected chi connectivity index (χ2v) is 5.92. The van der Waals surface area contributed by atoms with Gasteiger partial charge in [-0.1, -0.05) is 60.7 Å². The highest BCUT2D eigenvalue weighted by molar-refractivity contribution is 14.1. The van der Waals surface area contributed by atoms with Crippen LogP contribution in [0.2, 0.25) is 0 Å². The Morgan fingerprint density at radius 1 is 0.619 bits per heavy atom. The molecule has 0 aliphatic carbocycles. The van der Waals surface area contributed by atoms with E-state index in [1.54, 1.807) is 0 Å². The van der Waals surface area contributed by atoms with Crippen molar-refractivity contribution in [2.45, 2.75) is 0 Å². The van der Waals surface area contributed by atoms with E-state index < -0.39 is 0 Å². The highest BCUT2D eigenvalue weighted by Gasteiger charge is 2.14. The average molecular weight is 386 g/mol. The predicted molar refractivity (Wildman–Crippen MR) is 98.9 cm³/mol. The molecule has 0 radical (unpaired) electrons. The van der Waals surface area contributed by atoms with Gasteiger partial charge in [0.1, 0.15) is 0 Å². The number of hydrogen-bond acceptors (Lipinski definition) is 2. The van der Waals surface area contributed by atoms with Crippen molar-refractivity contribution in [3.63, 3.8) is 0 Å². The zero-order chi connectivity index (χ0) is 14.8. The van der Waals surface area contributed by atoms with Gasteiger partial charge in [0, 0.05) is 11.1 Å². The Labute approximate surface area is 137 Å². The van der Waals surface area contributed by atoms with Gasteiger partial charge in [0.05, 0.1) is 14.9 Å². The van der Waals surface area contributed by atoms with Gasteiger partial charge in [-0.25, -0.2) is 0 Å². The van der Waals surface area contributed by atoms with Crippen molar-refractivity contribution in [1.29, 1.82) is 0 Å². The smallest absolute Gasteiger partial charge is 0.0602 e. The van der Waals surface area contributed by atoms with Crippen molar-refractivity contribution in [3.8, 4) is 22.3 Å². The van der Waals surface area contributed by atoms with E-state index in [0.717, 1.165) is 37.2 Å². The number of benzene rings is 3. The van der Waals surface area contributed by atoms with Crippen molar-refractivity contribution in [2.24, 2.45) is 0 Å². The molecule has 0 bridgehead atoms. The van der Waals surface area contributed by atoms with Crippen LogP contribution in [-0.2, 0) is 0 Å². The maximum absolute atomic E-state index is 6.27. The average Bonchev–Trinajstić information content (AvgIpc) is 2.55. The lowest BCUT2D eigenvalue weighted by Crippen LogP contribution is -2.01. The summed E-state index contributed by atoms with van der Waals surface area (Å²) in [5, 5.41) is 0. The van der Waals surface area contributed by atoms with Gasteiger partial charge in [-0.15, -0.1) is 0 Å². The number of nitrogens with two attached hydrogens (primary N) is 2. The molecule has 0 heterocycles. The Morgan fingerprint density at radius 3 is 1.38 bits per heavy atom. The highest BCUT2D eigenvalue weighted by atomic mass is 127. The Hall–Kier alpha value is -2.01. The molecule has 0 aromatic heterocycles. The third-order valence-corrected chi connectivity index (χ3v) is 4.67. The van der Waals surface area contributed by atoms with E-state index in [1.807, 2.05) is 36.4 Å². The fraction of sp³-hybridized carbons (Fsp3) is 0. The van der Waals surface area contributed by atoms with Crippen molar-refractivity contribution in [3.05, 3.63) is 70.3 Å². The lowest BCUT2D eigenvalue weighted by atomic mass is 9.96. The van der Waals surface area contributed by atoms with Gasteiger partial charge in [-0.3, -0.25) is 0 Å². The fourth-order valence-electron chi connectivity index (χ4n) is 2.39. The summed E-state index contributed by atoms with van der Waals surface area (Å²) in [6.45, 7) is 0. The number of rotatable bonds is 2. The summed E-state index contributed by atoms with van der Waals surface area (Å²) in [5.41, 5.74) is 18.3. The molecule has 0 atom stereocenters. The van der Waals surface area contributed by atoms with Crippen molar-refractivity contribution >= 4 is 34.0 Å². The number of anilines is 2. The minimum atomic E-state index is 0.735. The van der Waals surface area contributed by atoms with E-state index in [1.165, 1.54) is 0 Å². The second kappa shape index (κ2) is 5.77. The molecule has 21 heavy (non-hydrogen) atoms. The van der Waals surface area contributed by atoms with Crippen LogP contribution < -0.4 is 11.5 Å². The molecule has 4 N–H and O–H groups in total. The standard InChI is InChI=1S/C18H15IN2/c19-16-17(20)14(12-7-3-1-4-8-12)11-15(18(16)21)13-9-5-2-6-10-13/h1-11H,20-21H2. The largest absolute Gasteiger partial charge is 0.397 e. The minimum Gasteiger partial charge on any atom is -0.397 e. The maximum Gasteiger partial charge on any atom is 0.0602 e. The first kappa shape index (κ1) is 13.9. The summed E-state index contributed by atoms with van der Waals surface area (Å²) in [5.74, 6) is 0. The van der Waals surface area contributed by atoms with E-state index >= 15 is 0 Å². The molecular weight excluding hydrogens is 371 g/mol. The molecule has 0 fully saturated rings. The highest BCUT2D eigenvalue weighted by Crippen LogP contribution is 2.39. The quantitative estimate of drug-likeness (QED) is 0.492. The third-order valence-electron chi connectivity index (χ3n) is 3.51. The first-order chi connectivity index (χ1) is 10.2. The molecule has 0 saturated carbocycles. The van der Waals surface area contributed by atoms with Gasteiger partial charge in [-0.2, -0.15) is 0 Å². The molecule has 0 saturated heterocycles.